The second-order valence-electron chi connectivity index (χ2n) is 3.79. The van der Waals surface area contributed by atoms with Crippen LogP contribution in [0.15, 0.2) is 24.3 Å². The first kappa shape index (κ1) is 9.97. The number of benzene rings is 1. The molecule has 14 heavy (non-hydrogen) atoms. The number of nitrogens with one attached hydrogen (secondary N) is 1. The molecule has 0 bridgehead atoms. The summed E-state index contributed by atoms with van der Waals surface area (Å²) in [5.41, 5.74) is 7.29. The predicted molar refractivity (Wildman–Crippen MR) is 59.4 cm³/mol. The summed E-state index contributed by atoms with van der Waals surface area (Å²) in [5, 5.41) is 4.21. The maximum Gasteiger partial charge on any atom is 0.0473 e. The first-order valence-corrected chi connectivity index (χ1v) is 5.39. The van der Waals surface area contributed by atoms with Crippen LogP contribution in [0.4, 0.5) is 0 Å². The molecule has 2 rings (SSSR count). The van der Waals surface area contributed by atoms with Crippen molar-refractivity contribution >= 4 is 11.6 Å². The fourth-order valence-corrected chi connectivity index (χ4v) is 2.07. The summed E-state index contributed by atoms with van der Waals surface area (Å²) in [4.78, 5) is 0. The molecule has 0 radical (unpaired) electrons. The molecule has 0 spiro atoms. The van der Waals surface area contributed by atoms with E-state index in [2.05, 4.69) is 5.32 Å². The fourth-order valence-electron chi connectivity index (χ4n) is 1.95. The minimum atomic E-state index is 0.227. The fraction of sp³-hybridized carbons (Fsp3) is 0.455. The molecule has 1 fully saturated rings. The Morgan fingerprint density at radius 1 is 1.29 bits per heavy atom. The molecule has 0 aromatic heterocycles. The second kappa shape index (κ2) is 4.30. The van der Waals surface area contributed by atoms with Crippen molar-refractivity contribution in [3.8, 4) is 0 Å². The minimum absolute atomic E-state index is 0.227. The first-order chi connectivity index (χ1) is 6.77. The van der Waals surface area contributed by atoms with Crippen molar-refractivity contribution in [3.05, 3.63) is 34.9 Å². The standard InChI is InChI=1S/C11H15ClN2/c12-9-5-3-8(4-6-9)11-10(13)2-1-7-14-11/h3-6,10-11,14H,1-2,7,13H2/t10-,11-/m1/s1. The van der Waals surface area contributed by atoms with Crippen molar-refractivity contribution in [2.24, 2.45) is 5.73 Å². The molecule has 3 heteroatoms. The lowest BCUT2D eigenvalue weighted by Gasteiger charge is -2.30. The zero-order valence-electron chi connectivity index (χ0n) is 8.04. The van der Waals surface area contributed by atoms with E-state index in [9.17, 15) is 0 Å². The summed E-state index contributed by atoms with van der Waals surface area (Å²) in [7, 11) is 0. The highest BCUT2D eigenvalue weighted by Crippen LogP contribution is 2.23. The van der Waals surface area contributed by atoms with Gasteiger partial charge in [0.2, 0.25) is 0 Å². The summed E-state index contributed by atoms with van der Waals surface area (Å²) in [5.74, 6) is 0. The highest BCUT2D eigenvalue weighted by Gasteiger charge is 2.22. The quantitative estimate of drug-likeness (QED) is 0.745. The number of halogens is 1. The van der Waals surface area contributed by atoms with Crippen LogP contribution in [0.3, 0.4) is 0 Å². The van der Waals surface area contributed by atoms with Gasteiger partial charge in [0.15, 0.2) is 0 Å². The normalized spacial score (nSPS) is 27.6. The van der Waals surface area contributed by atoms with E-state index >= 15 is 0 Å². The second-order valence-corrected chi connectivity index (χ2v) is 4.23. The van der Waals surface area contributed by atoms with E-state index < -0.39 is 0 Å². The maximum atomic E-state index is 6.05. The Bertz CT molecular complexity index is 297. The van der Waals surface area contributed by atoms with Crippen LogP contribution in [0.1, 0.15) is 24.4 Å². The number of nitrogens with two attached hydrogens (primary N) is 1. The molecule has 2 nitrogen and oxygen atoms in total. The van der Waals surface area contributed by atoms with Crippen molar-refractivity contribution in [3.63, 3.8) is 0 Å². The maximum absolute atomic E-state index is 6.05. The van der Waals surface area contributed by atoms with Gasteiger partial charge in [-0.25, -0.2) is 0 Å². The van der Waals surface area contributed by atoms with Gasteiger partial charge in [0, 0.05) is 17.1 Å². The van der Waals surface area contributed by atoms with Crippen molar-refractivity contribution in [2.75, 3.05) is 6.54 Å². The Balaban J connectivity index is 2.16. The van der Waals surface area contributed by atoms with Gasteiger partial charge in [0.1, 0.15) is 0 Å². The Hall–Kier alpha value is -0.570. The molecule has 0 unspecified atom stereocenters. The van der Waals surface area contributed by atoms with Gasteiger partial charge in [-0.3, -0.25) is 0 Å². The molecule has 1 aliphatic rings. The SMILES string of the molecule is N[C@@H]1CCCN[C@@H]1c1ccc(Cl)cc1. The van der Waals surface area contributed by atoms with E-state index in [1.165, 1.54) is 12.0 Å². The topological polar surface area (TPSA) is 38.0 Å². The summed E-state index contributed by atoms with van der Waals surface area (Å²) < 4.78 is 0. The Kier molecular flexibility index (Phi) is 3.06. The predicted octanol–water partition coefficient (Wildman–Crippen LogP) is 2.09. The molecule has 1 aromatic carbocycles. The van der Waals surface area contributed by atoms with Crippen molar-refractivity contribution < 1.29 is 0 Å². The number of hydrogen-bond acceptors (Lipinski definition) is 2. The van der Waals surface area contributed by atoms with Gasteiger partial charge in [-0.1, -0.05) is 23.7 Å². The lowest BCUT2D eigenvalue weighted by atomic mass is 9.93. The Morgan fingerprint density at radius 3 is 2.64 bits per heavy atom. The Morgan fingerprint density at radius 2 is 2.00 bits per heavy atom. The smallest absolute Gasteiger partial charge is 0.0473 e. The Labute approximate surface area is 89.4 Å². The zero-order valence-corrected chi connectivity index (χ0v) is 8.80. The molecular weight excluding hydrogens is 196 g/mol. The summed E-state index contributed by atoms with van der Waals surface area (Å²) in [6.45, 7) is 1.06. The van der Waals surface area contributed by atoms with E-state index in [0.717, 1.165) is 18.0 Å². The van der Waals surface area contributed by atoms with Crippen LogP contribution in [-0.4, -0.2) is 12.6 Å². The van der Waals surface area contributed by atoms with E-state index in [0.29, 0.717) is 6.04 Å². The van der Waals surface area contributed by atoms with E-state index in [1.54, 1.807) is 0 Å². The number of hydrogen-bond donors (Lipinski definition) is 2. The zero-order chi connectivity index (χ0) is 9.97. The third-order valence-corrected chi connectivity index (χ3v) is 2.99. The summed E-state index contributed by atoms with van der Waals surface area (Å²) >= 11 is 5.84. The highest BCUT2D eigenvalue weighted by molar-refractivity contribution is 6.30. The van der Waals surface area contributed by atoms with Crippen molar-refractivity contribution in [2.45, 2.75) is 24.9 Å². The number of rotatable bonds is 1. The van der Waals surface area contributed by atoms with Crippen molar-refractivity contribution in [1.82, 2.24) is 5.32 Å². The molecule has 1 heterocycles. The monoisotopic (exact) mass is 210 g/mol. The molecule has 0 aliphatic carbocycles. The lowest BCUT2D eigenvalue weighted by Crippen LogP contribution is -2.42. The summed E-state index contributed by atoms with van der Waals surface area (Å²) in [6, 6.07) is 8.45. The van der Waals surface area contributed by atoms with Crippen LogP contribution in [0.25, 0.3) is 0 Å². The average Bonchev–Trinajstić information content (AvgIpc) is 2.20. The molecule has 1 saturated heterocycles. The third-order valence-electron chi connectivity index (χ3n) is 2.74. The van der Waals surface area contributed by atoms with Crippen LogP contribution in [0.2, 0.25) is 5.02 Å². The van der Waals surface area contributed by atoms with Gasteiger partial charge in [-0.15, -0.1) is 0 Å². The van der Waals surface area contributed by atoms with E-state index in [1.807, 2.05) is 24.3 Å². The van der Waals surface area contributed by atoms with E-state index in [4.69, 9.17) is 17.3 Å². The van der Waals surface area contributed by atoms with Gasteiger partial charge in [-0.05, 0) is 37.1 Å². The van der Waals surface area contributed by atoms with Gasteiger partial charge < -0.3 is 11.1 Å². The highest BCUT2D eigenvalue weighted by atomic mass is 35.5. The van der Waals surface area contributed by atoms with Crippen LogP contribution < -0.4 is 11.1 Å². The minimum Gasteiger partial charge on any atom is -0.326 e. The molecular formula is C11H15ClN2. The van der Waals surface area contributed by atoms with Gasteiger partial charge in [0.25, 0.3) is 0 Å². The molecule has 3 N–H and O–H groups in total. The van der Waals surface area contributed by atoms with Crippen LogP contribution >= 0.6 is 11.6 Å². The third kappa shape index (κ3) is 2.08. The van der Waals surface area contributed by atoms with Gasteiger partial charge in [-0.2, -0.15) is 0 Å². The number of piperidine rings is 1. The molecule has 0 amide bonds. The van der Waals surface area contributed by atoms with Crippen LogP contribution in [-0.2, 0) is 0 Å². The van der Waals surface area contributed by atoms with E-state index in [-0.39, 0.29) is 6.04 Å². The lowest BCUT2D eigenvalue weighted by molar-refractivity contribution is 0.358. The molecule has 2 atom stereocenters. The molecule has 1 aromatic rings. The largest absolute Gasteiger partial charge is 0.326 e. The van der Waals surface area contributed by atoms with Gasteiger partial charge in [0.05, 0.1) is 0 Å². The summed E-state index contributed by atoms with van der Waals surface area (Å²) in [6.07, 6.45) is 2.27. The average molecular weight is 211 g/mol. The van der Waals surface area contributed by atoms with Crippen LogP contribution in [0, 0.1) is 0 Å². The molecule has 0 saturated carbocycles. The molecule has 76 valence electrons. The van der Waals surface area contributed by atoms with Crippen LogP contribution in [0.5, 0.6) is 0 Å². The van der Waals surface area contributed by atoms with Gasteiger partial charge >= 0.3 is 0 Å². The first-order valence-electron chi connectivity index (χ1n) is 5.02. The molecule has 1 aliphatic heterocycles. The van der Waals surface area contributed by atoms with Crippen molar-refractivity contribution in [1.29, 1.82) is 0 Å².